The first-order valence-corrected chi connectivity index (χ1v) is 11.6. The molecule has 1 fully saturated rings. The van der Waals surface area contributed by atoms with Gasteiger partial charge in [-0.15, -0.1) is 0 Å². The first kappa shape index (κ1) is 23.9. The molecule has 0 unspecified atom stereocenters. The fraction of sp³-hybridized carbons (Fsp3) is 0.273. The van der Waals surface area contributed by atoms with E-state index in [0.29, 0.717) is 5.56 Å². The standard InChI is InChI=1S/C22H20F4N4O3S/c1-29-11-19(28-12-29)34(32,33)30-9-16(13-5-7-14(23)8-6-13)17(10-30)20-15(21(27)31)3-2-4-18(20)22(24,25)26/h2-8,11-12,16-17H,9-10H2,1H3,(H2,27,31)/t16-,17+/m1/s1. The minimum Gasteiger partial charge on any atom is -0.366 e. The number of amides is 1. The summed E-state index contributed by atoms with van der Waals surface area (Å²) in [7, 11) is -2.58. The number of aromatic nitrogens is 2. The fourth-order valence-corrected chi connectivity index (χ4v) is 5.84. The highest BCUT2D eigenvalue weighted by molar-refractivity contribution is 7.89. The van der Waals surface area contributed by atoms with E-state index in [9.17, 15) is 30.8 Å². The maximum Gasteiger partial charge on any atom is 0.416 e. The first-order valence-electron chi connectivity index (χ1n) is 10.1. The van der Waals surface area contributed by atoms with Crippen LogP contribution in [-0.2, 0) is 23.2 Å². The van der Waals surface area contributed by atoms with Crippen molar-refractivity contribution in [1.29, 1.82) is 0 Å². The van der Waals surface area contributed by atoms with Crippen LogP contribution in [0.3, 0.4) is 0 Å². The molecular weight excluding hydrogens is 476 g/mol. The molecule has 2 aromatic carbocycles. The number of carbonyl (C=O) groups excluding carboxylic acids is 1. The molecule has 2 atom stereocenters. The van der Waals surface area contributed by atoms with Gasteiger partial charge in [-0.2, -0.15) is 17.5 Å². The lowest BCUT2D eigenvalue weighted by molar-refractivity contribution is -0.138. The van der Waals surface area contributed by atoms with Crippen molar-refractivity contribution in [3.63, 3.8) is 0 Å². The van der Waals surface area contributed by atoms with Crippen molar-refractivity contribution >= 4 is 15.9 Å². The maximum atomic E-state index is 14.0. The number of imidazole rings is 1. The second kappa shape index (κ2) is 8.51. The van der Waals surface area contributed by atoms with Crippen LogP contribution < -0.4 is 5.73 Å². The number of hydrogen-bond acceptors (Lipinski definition) is 4. The van der Waals surface area contributed by atoms with Crippen LogP contribution in [0.2, 0.25) is 0 Å². The summed E-state index contributed by atoms with van der Waals surface area (Å²) in [6, 6.07) is 8.18. The summed E-state index contributed by atoms with van der Waals surface area (Å²) in [5.41, 5.74) is 4.05. The minimum atomic E-state index is -4.82. The molecular formula is C22H20F4N4O3S. The van der Waals surface area contributed by atoms with E-state index in [1.807, 2.05) is 0 Å². The minimum absolute atomic E-state index is 0.195. The van der Waals surface area contributed by atoms with Gasteiger partial charge < -0.3 is 10.3 Å². The van der Waals surface area contributed by atoms with Crippen LogP contribution in [0.25, 0.3) is 0 Å². The van der Waals surface area contributed by atoms with Crippen molar-refractivity contribution in [1.82, 2.24) is 13.9 Å². The Morgan fingerprint density at radius 3 is 2.29 bits per heavy atom. The van der Waals surface area contributed by atoms with Crippen molar-refractivity contribution in [2.24, 2.45) is 12.8 Å². The maximum absolute atomic E-state index is 14.0. The molecule has 12 heteroatoms. The van der Waals surface area contributed by atoms with E-state index in [2.05, 4.69) is 4.98 Å². The number of aryl methyl sites for hydroxylation is 1. The van der Waals surface area contributed by atoms with E-state index < -0.39 is 45.3 Å². The van der Waals surface area contributed by atoms with Crippen molar-refractivity contribution in [3.8, 4) is 0 Å². The Bertz CT molecular complexity index is 1340. The lowest BCUT2D eigenvalue weighted by atomic mass is 9.79. The van der Waals surface area contributed by atoms with Crippen LogP contribution in [0.1, 0.15) is 38.9 Å². The highest BCUT2D eigenvalue weighted by Crippen LogP contribution is 2.47. The summed E-state index contributed by atoms with van der Waals surface area (Å²) in [5.74, 6) is -3.50. The molecule has 1 saturated heterocycles. The third kappa shape index (κ3) is 4.30. The van der Waals surface area contributed by atoms with Gasteiger partial charge >= 0.3 is 6.18 Å². The zero-order valence-corrected chi connectivity index (χ0v) is 18.6. The summed E-state index contributed by atoms with van der Waals surface area (Å²) in [4.78, 5) is 16.0. The lowest BCUT2D eigenvalue weighted by Gasteiger charge is -2.25. The molecule has 2 heterocycles. The topological polar surface area (TPSA) is 98.3 Å². The third-order valence-electron chi connectivity index (χ3n) is 5.92. The van der Waals surface area contributed by atoms with Gasteiger partial charge in [0.25, 0.3) is 10.0 Å². The number of nitrogens with zero attached hydrogens (tertiary/aromatic N) is 3. The highest BCUT2D eigenvalue weighted by atomic mass is 32.2. The number of hydrogen-bond donors (Lipinski definition) is 1. The summed E-state index contributed by atoms with van der Waals surface area (Å²) >= 11 is 0. The number of primary amides is 1. The number of sulfonamides is 1. The normalized spacial score (nSPS) is 19.4. The predicted octanol–water partition coefficient (Wildman–Crippen LogP) is 3.25. The molecule has 34 heavy (non-hydrogen) atoms. The average molecular weight is 496 g/mol. The van der Waals surface area contributed by atoms with E-state index in [1.54, 1.807) is 7.05 Å². The number of nitrogens with two attached hydrogens (primary N) is 1. The first-order chi connectivity index (χ1) is 15.9. The van der Waals surface area contributed by atoms with Gasteiger partial charge in [0.1, 0.15) is 5.82 Å². The Kier molecular flexibility index (Phi) is 5.98. The van der Waals surface area contributed by atoms with E-state index in [1.165, 1.54) is 35.3 Å². The van der Waals surface area contributed by atoms with E-state index >= 15 is 0 Å². The molecule has 0 radical (unpaired) electrons. The molecule has 4 rings (SSSR count). The van der Waals surface area contributed by atoms with Crippen LogP contribution in [0.5, 0.6) is 0 Å². The van der Waals surface area contributed by atoms with Gasteiger partial charge in [-0.25, -0.2) is 17.8 Å². The van der Waals surface area contributed by atoms with Crippen LogP contribution >= 0.6 is 0 Å². The molecule has 1 amide bonds. The number of carbonyl (C=O) groups is 1. The Hall–Kier alpha value is -3.25. The van der Waals surface area contributed by atoms with Gasteiger partial charge in [0.2, 0.25) is 5.91 Å². The number of halogens is 4. The zero-order valence-electron chi connectivity index (χ0n) is 17.8. The molecule has 1 aliphatic heterocycles. The van der Waals surface area contributed by atoms with Gasteiger partial charge in [0.05, 0.1) is 11.9 Å². The van der Waals surface area contributed by atoms with Crippen LogP contribution in [0, 0.1) is 5.82 Å². The van der Waals surface area contributed by atoms with Crippen molar-refractivity contribution in [2.75, 3.05) is 13.1 Å². The quantitative estimate of drug-likeness (QED) is 0.549. The average Bonchev–Trinajstić information content (AvgIpc) is 3.40. The van der Waals surface area contributed by atoms with E-state index in [-0.39, 0.29) is 29.2 Å². The largest absolute Gasteiger partial charge is 0.416 e. The Balaban J connectivity index is 1.89. The van der Waals surface area contributed by atoms with Crippen molar-refractivity contribution in [3.05, 3.63) is 83.1 Å². The number of rotatable bonds is 5. The lowest BCUT2D eigenvalue weighted by Crippen LogP contribution is -2.29. The highest BCUT2D eigenvalue weighted by Gasteiger charge is 2.46. The molecule has 1 aromatic heterocycles. The summed E-state index contributed by atoms with van der Waals surface area (Å²) in [5, 5.41) is -0.257. The van der Waals surface area contributed by atoms with Gasteiger partial charge in [0.15, 0.2) is 5.03 Å². The SMILES string of the molecule is Cn1cnc(S(=O)(=O)N2C[C@H](c3ccc(F)cc3)[C@@H](c3c(C(N)=O)cccc3C(F)(F)F)C2)c1. The fourth-order valence-electron chi connectivity index (χ4n) is 4.39. The van der Waals surface area contributed by atoms with Gasteiger partial charge in [-0.05, 0) is 35.4 Å². The molecule has 7 nitrogen and oxygen atoms in total. The number of alkyl halides is 3. The smallest absolute Gasteiger partial charge is 0.366 e. The molecule has 0 bridgehead atoms. The molecule has 180 valence electrons. The molecule has 0 spiro atoms. The van der Waals surface area contributed by atoms with Crippen LogP contribution in [0.4, 0.5) is 17.6 Å². The summed E-state index contributed by atoms with van der Waals surface area (Å²) < 4.78 is 84.4. The van der Waals surface area contributed by atoms with Gasteiger partial charge in [-0.3, -0.25) is 4.79 Å². The molecule has 1 aliphatic rings. The number of benzene rings is 2. The monoisotopic (exact) mass is 496 g/mol. The van der Waals surface area contributed by atoms with E-state index in [0.717, 1.165) is 28.6 Å². The summed E-state index contributed by atoms with van der Waals surface area (Å²) in [6.07, 6.45) is -2.24. The van der Waals surface area contributed by atoms with Crippen LogP contribution in [0.15, 0.2) is 60.0 Å². The van der Waals surface area contributed by atoms with Crippen molar-refractivity contribution in [2.45, 2.75) is 23.0 Å². The van der Waals surface area contributed by atoms with Gasteiger partial charge in [-0.1, -0.05) is 18.2 Å². The third-order valence-corrected chi connectivity index (χ3v) is 7.64. The van der Waals surface area contributed by atoms with Gasteiger partial charge in [0, 0.05) is 43.7 Å². The summed E-state index contributed by atoms with van der Waals surface area (Å²) in [6.45, 7) is -0.548. The Labute approximate surface area is 192 Å². The second-order valence-corrected chi connectivity index (χ2v) is 9.98. The van der Waals surface area contributed by atoms with Crippen LogP contribution in [-0.4, -0.2) is 41.3 Å². The Morgan fingerprint density at radius 2 is 1.74 bits per heavy atom. The molecule has 0 saturated carbocycles. The predicted molar refractivity (Wildman–Crippen MR) is 114 cm³/mol. The molecule has 0 aliphatic carbocycles. The Morgan fingerprint density at radius 1 is 1.09 bits per heavy atom. The second-order valence-electron chi connectivity index (χ2n) is 8.09. The molecule has 3 aromatic rings. The van der Waals surface area contributed by atoms with E-state index in [4.69, 9.17) is 5.73 Å². The zero-order chi connectivity index (χ0) is 24.8. The van der Waals surface area contributed by atoms with Crippen molar-refractivity contribution < 1.29 is 30.8 Å². The molecule has 2 N–H and O–H groups in total.